The minimum absolute atomic E-state index is 0.118. The van der Waals surface area contributed by atoms with Gasteiger partial charge in [0.25, 0.3) is 0 Å². The van der Waals surface area contributed by atoms with Gasteiger partial charge in [-0.2, -0.15) is 0 Å². The second-order valence-corrected chi connectivity index (χ2v) is 8.13. The quantitative estimate of drug-likeness (QED) is 0.570. The van der Waals surface area contributed by atoms with Crippen LogP contribution in [0.4, 0.5) is 0 Å². The predicted molar refractivity (Wildman–Crippen MR) is 73.9 cm³/mol. The number of hydrogen-bond donors (Lipinski definition) is 2. The Hall–Kier alpha value is -0.226. The molecule has 4 N–H and O–H groups in total. The third kappa shape index (κ3) is 4.99. The Bertz CT molecular complexity index is 356. The summed E-state index contributed by atoms with van der Waals surface area (Å²) in [6, 6.07) is 10.4. The summed E-state index contributed by atoms with van der Waals surface area (Å²) in [7, 11) is 3.39. The van der Waals surface area contributed by atoms with Gasteiger partial charge < -0.3 is 0 Å². The summed E-state index contributed by atoms with van der Waals surface area (Å²) in [6.45, 7) is 2.01. The Morgan fingerprint density at radius 1 is 1.16 bits per heavy atom. The van der Waals surface area contributed by atoms with Crippen molar-refractivity contribution < 1.29 is 25.3 Å². The van der Waals surface area contributed by atoms with Gasteiger partial charge in [0.15, 0.2) is 0 Å². The molecule has 1 aromatic rings. The van der Waals surface area contributed by atoms with E-state index >= 15 is 0 Å². The molecule has 0 saturated heterocycles. The molecule has 1 atom stereocenters. The molecule has 0 bridgehead atoms. The van der Waals surface area contributed by atoms with E-state index in [4.69, 9.17) is 18.1 Å². The van der Waals surface area contributed by atoms with E-state index in [1.165, 1.54) is 5.56 Å². The van der Waals surface area contributed by atoms with Crippen molar-refractivity contribution in [1.82, 2.24) is 0 Å². The van der Waals surface area contributed by atoms with Gasteiger partial charge in [0.1, 0.15) is 0 Å². The van der Waals surface area contributed by atoms with Gasteiger partial charge in [-0.15, -0.1) is 0 Å². The molecule has 0 heterocycles. The van der Waals surface area contributed by atoms with Crippen LogP contribution < -0.4 is 11.5 Å². The second-order valence-electron chi connectivity index (χ2n) is 4.77. The third-order valence-electron chi connectivity index (χ3n) is 3.51. The average molecular weight is 301 g/mol. The van der Waals surface area contributed by atoms with Crippen LogP contribution in [0.5, 0.6) is 0 Å². The molecule has 0 aliphatic heterocycles. The fraction of sp³-hybridized carbons (Fsp3) is 0.571. The van der Waals surface area contributed by atoms with Crippen molar-refractivity contribution in [2.75, 3.05) is 14.2 Å². The summed E-state index contributed by atoms with van der Waals surface area (Å²) < 4.78 is 11.2. The molecule has 0 spiro atoms. The average Bonchev–Trinajstić information content (AvgIpc) is 2.44. The zero-order chi connectivity index (χ0) is 14.3. The third-order valence-corrected chi connectivity index (χ3v) is 6.95. The monoisotopic (exact) mass is 301 g/mol. The van der Waals surface area contributed by atoms with Crippen molar-refractivity contribution >= 4 is 0 Å². The van der Waals surface area contributed by atoms with E-state index in [-0.39, 0.29) is 4.22 Å². The molecular weight excluding hydrogens is 276 g/mol. The molecule has 5 heteroatoms. The molecule has 107 valence electrons. The van der Waals surface area contributed by atoms with Crippen LogP contribution in [0.25, 0.3) is 0 Å². The second kappa shape index (κ2) is 8.15. The van der Waals surface area contributed by atoms with Crippen molar-refractivity contribution in [3.63, 3.8) is 0 Å². The van der Waals surface area contributed by atoms with Crippen molar-refractivity contribution in [2.24, 2.45) is 11.5 Å². The zero-order valence-corrected chi connectivity index (χ0v) is 13.6. The molecule has 1 aromatic carbocycles. The van der Waals surface area contributed by atoms with Gasteiger partial charge in [-0.25, -0.2) is 0 Å². The number of hydrogen-bond acceptors (Lipinski definition) is 4. The van der Waals surface area contributed by atoms with Crippen molar-refractivity contribution in [1.29, 1.82) is 0 Å². The van der Waals surface area contributed by atoms with Crippen LogP contribution in [-0.2, 0) is 31.7 Å². The van der Waals surface area contributed by atoms with Crippen molar-refractivity contribution in [2.45, 2.75) is 36.1 Å². The van der Waals surface area contributed by atoms with E-state index in [0.717, 1.165) is 19.3 Å². The molecule has 1 rings (SSSR count). The van der Waals surface area contributed by atoms with E-state index in [1.54, 1.807) is 14.2 Å². The summed E-state index contributed by atoms with van der Waals surface area (Å²) in [4.78, 5) is 0. The molecule has 19 heavy (non-hydrogen) atoms. The fourth-order valence-electron chi connectivity index (χ4n) is 2.18. The molecule has 0 amide bonds. The van der Waals surface area contributed by atoms with Gasteiger partial charge in [0.2, 0.25) is 0 Å². The van der Waals surface area contributed by atoms with Gasteiger partial charge in [0, 0.05) is 0 Å². The summed E-state index contributed by atoms with van der Waals surface area (Å²) in [6.07, 6.45) is 2.57. The van der Waals surface area contributed by atoms with Crippen LogP contribution in [0, 0.1) is 0 Å². The summed E-state index contributed by atoms with van der Waals surface area (Å²) >= 11 is -2.13. The van der Waals surface area contributed by atoms with E-state index in [9.17, 15) is 0 Å². The van der Waals surface area contributed by atoms with E-state index in [0.29, 0.717) is 0 Å². The van der Waals surface area contributed by atoms with Crippen molar-refractivity contribution in [3.05, 3.63) is 35.9 Å². The fourth-order valence-corrected chi connectivity index (χ4v) is 4.92. The Kier molecular flexibility index (Phi) is 7.22. The number of nitrogens with two attached hydrogens (primary N) is 2. The van der Waals surface area contributed by atoms with Gasteiger partial charge in [0.05, 0.1) is 0 Å². The van der Waals surface area contributed by atoms with Gasteiger partial charge >= 0.3 is 123 Å². The molecule has 1 unspecified atom stereocenters. The zero-order valence-electron chi connectivity index (χ0n) is 12.1. The molecule has 0 saturated carbocycles. The first-order chi connectivity index (χ1) is 9.05. The summed E-state index contributed by atoms with van der Waals surface area (Å²) in [5.74, 6) is 0. The van der Waals surface area contributed by atoms with Gasteiger partial charge in [-0.05, 0) is 0 Å². The number of benzene rings is 1. The molecule has 0 fully saturated rings. The van der Waals surface area contributed by atoms with Crippen LogP contribution in [0.2, 0.25) is 4.22 Å². The number of rotatable bonds is 8. The first-order valence-electron chi connectivity index (χ1n) is 6.61. The van der Waals surface area contributed by atoms with Gasteiger partial charge in [-0.3, -0.25) is 0 Å². The maximum atomic E-state index is 6.24. The van der Waals surface area contributed by atoms with E-state index < -0.39 is 24.3 Å². The van der Waals surface area contributed by atoms with Crippen LogP contribution in [0.1, 0.15) is 25.3 Å². The normalized spacial score (nSPS) is 13.3. The first-order valence-corrected chi connectivity index (χ1v) is 8.79. The molecule has 0 aliphatic rings. The topological polar surface area (TPSA) is 70.5 Å². The molecule has 0 aromatic heterocycles. The Balaban J connectivity index is 2.74. The van der Waals surface area contributed by atoms with Gasteiger partial charge in [-0.1, -0.05) is 0 Å². The molecule has 0 radical (unpaired) electrons. The molecule has 0 aliphatic carbocycles. The number of aryl methyl sites for hydroxylation is 1. The first kappa shape index (κ1) is 16.8. The Morgan fingerprint density at radius 2 is 1.74 bits per heavy atom. The maximum absolute atomic E-state index is 6.24. The van der Waals surface area contributed by atoms with Crippen LogP contribution in [0.15, 0.2) is 30.3 Å². The molecular formula is C14H25N2O2Ti. The van der Waals surface area contributed by atoms with E-state index in [2.05, 4.69) is 12.1 Å². The van der Waals surface area contributed by atoms with Crippen LogP contribution in [-0.4, -0.2) is 19.9 Å². The Morgan fingerprint density at radius 3 is 2.21 bits per heavy atom. The standard InChI is InChI=1S/C12H19N2.2CH3O.Ti/c1-2-12(13,14)10-6-9-11-7-4-3-5-8-11;2*1-2;/h3-5,7-8,10H,2,6,9,13-14H2,1H3;2*1H3;/q;2*-1;+2. The Labute approximate surface area is 123 Å². The minimum atomic E-state index is -2.13. The molecule has 4 nitrogen and oxygen atoms in total. The van der Waals surface area contributed by atoms with Crippen molar-refractivity contribution in [3.8, 4) is 0 Å². The summed E-state index contributed by atoms with van der Waals surface area (Å²) in [5.41, 5.74) is 13.1. The van der Waals surface area contributed by atoms with E-state index in [1.807, 2.05) is 25.1 Å². The SMILES string of the molecule is CCC(N)(N)[CH](CCc1ccccc1)[Ti]([O]C)[O]C. The van der Waals surface area contributed by atoms with Crippen LogP contribution >= 0.6 is 0 Å². The van der Waals surface area contributed by atoms with Crippen LogP contribution in [0.3, 0.4) is 0 Å². The summed E-state index contributed by atoms with van der Waals surface area (Å²) in [5, 5.41) is 0. The predicted octanol–water partition coefficient (Wildman–Crippen LogP) is 2.17.